The van der Waals surface area contributed by atoms with Gasteiger partial charge in [-0.25, -0.2) is 8.42 Å². The van der Waals surface area contributed by atoms with Crippen molar-refractivity contribution in [2.24, 2.45) is 5.10 Å². The summed E-state index contributed by atoms with van der Waals surface area (Å²) >= 11 is 0. The topological polar surface area (TPSA) is 133 Å². The molecule has 0 unspecified atom stereocenters. The van der Waals surface area contributed by atoms with Gasteiger partial charge in [-0.2, -0.15) is 27.0 Å². The highest BCUT2D eigenvalue weighted by Gasteiger charge is 2.30. The Morgan fingerprint density at radius 1 is 1.09 bits per heavy atom. The minimum atomic E-state index is -4.18. The number of non-ortho nitro benzene ring substituents is 1. The minimum Gasteiger partial charge on any atom is -0.435 e. The molecule has 1 heterocycles. The van der Waals surface area contributed by atoms with Crippen LogP contribution in [-0.2, 0) is 14.8 Å². The van der Waals surface area contributed by atoms with E-state index < -0.39 is 50.3 Å². The molecule has 16 heteroatoms. The molecule has 0 aliphatic carbocycles. The third kappa shape index (κ3) is 6.77. The number of nitro benzene ring substituents is 1. The van der Waals surface area contributed by atoms with Gasteiger partial charge in [0.05, 0.1) is 30.0 Å². The smallest absolute Gasteiger partial charge is 0.387 e. The quantitative estimate of drug-likeness (QED) is 0.218. The molecule has 3 rings (SSSR count). The van der Waals surface area contributed by atoms with Crippen molar-refractivity contribution in [1.29, 1.82) is 0 Å². The molecule has 190 valence electrons. The largest absolute Gasteiger partial charge is 0.435 e. The van der Waals surface area contributed by atoms with Gasteiger partial charge in [0.25, 0.3) is 5.69 Å². The standard InChI is InChI=1S/C19H18F4N4O7S/c20-18(21)33-14-3-1-12(16(10-14)34-19(22)23)11-24-25-15-4-2-13(27(28)29)9-17(15)35(30,31)26-5-7-32-8-6-26/h1-4,9-11,18-19,25H,5-8H2/b24-11-. The van der Waals surface area contributed by atoms with E-state index in [4.69, 9.17) is 4.74 Å². The van der Waals surface area contributed by atoms with Crippen molar-refractivity contribution in [3.8, 4) is 11.5 Å². The van der Waals surface area contributed by atoms with Crippen molar-refractivity contribution in [2.75, 3.05) is 31.7 Å². The highest BCUT2D eigenvalue weighted by Crippen LogP contribution is 2.30. The molecular weight excluding hydrogens is 504 g/mol. The highest BCUT2D eigenvalue weighted by molar-refractivity contribution is 7.89. The summed E-state index contributed by atoms with van der Waals surface area (Å²) in [4.78, 5) is 9.99. The maximum absolute atomic E-state index is 13.1. The molecule has 1 aliphatic rings. The van der Waals surface area contributed by atoms with E-state index in [9.17, 15) is 36.1 Å². The van der Waals surface area contributed by atoms with E-state index in [1.807, 2.05) is 0 Å². The molecule has 0 atom stereocenters. The van der Waals surface area contributed by atoms with E-state index in [0.29, 0.717) is 0 Å². The van der Waals surface area contributed by atoms with E-state index in [2.05, 4.69) is 20.0 Å². The van der Waals surface area contributed by atoms with Crippen LogP contribution in [0.3, 0.4) is 0 Å². The number of ether oxygens (including phenoxy) is 3. The maximum Gasteiger partial charge on any atom is 0.387 e. The molecule has 0 saturated carbocycles. The lowest BCUT2D eigenvalue weighted by Gasteiger charge is -2.26. The molecule has 1 fully saturated rings. The van der Waals surface area contributed by atoms with E-state index >= 15 is 0 Å². The summed E-state index contributed by atoms with van der Waals surface area (Å²) in [6.45, 7) is -6.11. The summed E-state index contributed by atoms with van der Waals surface area (Å²) in [6, 6.07) is 6.02. The molecule has 0 spiro atoms. The Balaban J connectivity index is 1.91. The van der Waals surface area contributed by atoms with Gasteiger partial charge < -0.3 is 14.2 Å². The molecule has 2 aromatic carbocycles. The van der Waals surface area contributed by atoms with Crippen LogP contribution in [0.5, 0.6) is 11.5 Å². The van der Waals surface area contributed by atoms with Gasteiger partial charge in [-0.15, -0.1) is 0 Å². The molecule has 11 nitrogen and oxygen atoms in total. The fraction of sp³-hybridized carbons (Fsp3) is 0.316. The first kappa shape index (κ1) is 26.1. The number of rotatable bonds is 10. The first-order chi connectivity index (χ1) is 16.6. The Bertz CT molecular complexity index is 1190. The Morgan fingerprint density at radius 3 is 2.40 bits per heavy atom. The lowest BCUT2D eigenvalue weighted by molar-refractivity contribution is -0.385. The number of nitro groups is 1. The van der Waals surface area contributed by atoms with Gasteiger partial charge in [-0.05, 0) is 18.2 Å². The highest BCUT2D eigenvalue weighted by atomic mass is 32.2. The zero-order chi connectivity index (χ0) is 25.6. The summed E-state index contributed by atoms with van der Waals surface area (Å²) in [6.07, 6.45) is 0.969. The summed E-state index contributed by atoms with van der Waals surface area (Å²) in [7, 11) is -4.18. The Labute approximate surface area is 196 Å². The third-order valence-corrected chi connectivity index (χ3v) is 6.52. The molecule has 0 aromatic heterocycles. The number of alkyl halides is 4. The number of hydrogen-bond acceptors (Lipinski definition) is 9. The summed E-state index contributed by atoms with van der Waals surface area (Å²) in [5.41, 5.74) is 1.72. The Hall–Kier alpha value is -3.50. The second-order valence-corrected chi connectivity index (χ2v) is 8.69. The van der Waals surface area contributed by atoms with Crippen molar-refractivity contribution in [3.63, 3.8) is 0 Å². The predicted molar refractivity (Wildman–Crippen MR) is 114 cm³/mol. The van der Waals surface area contributed by atoms with Crippen LogP contribution in [0.1, 0.15) is 5.56 Å². The van der Waals surface area contributed by atoms with Crippen molar-refractivity contribution < 1.29 is 45.1 Å². The van der Waals surface area contributed by atoms with Gasteiger partial charge in [0.15, 0.2) is 0 Å². The molecule has 0 bridgehead atoms. The summed E-state index contributed by atoms with van der Waals surface area (Å²) in [5, 5.41) is 15.0. The van der Waals surface area contributed by atoms with Crippen LogP contribution in [0.15, 0.2) is 46.4 Å². The van der Waals surface area contributed by atoms with Crippen molar-refractivity contribution in [1.82, 2.24) is 4.31 Å². The fourth-order valence-electron chi connectivity index (χ4n) is 3.02. The van der Waals surface area contributed by atoms with E-state index in [1.165, 1.54) is 0 Å². The van der Waals surface area contributed by atoms with E-state index in [0.717, 1.165) is 46.9 Å². The van der Waals surface area contributed by atoms with Gasteiger partial charge >= 0.3 is 13.2 Å². The second-order valence-electron chi connectivity index (χ2n) is 6.78. The second kappa shape index (κ2) is 11.3. The van der Waals surface area contributed by atoms with Gasteiger partial charge in [-0.3, -0.25) is 15.5 Å². The fourth-order valence-corrected chi connectivity index (χ4v) is 4.59. The number of sulfonamides is 1. The van der Waals surface area contributed by atoms with Gasteiger partial charge in [0.2, 0.25) is 10.0 Å². The molecule has 1 saturated heterocycles. The van der Waals surface area contributed by atoms with Crippen molar-refractivity contribution in [3.05, 3.63) is 52.1 Å². The first-order valence-corrected chi connectivity index (χ1v) is 11.2. The number of hydrazone groups is 1. The number of nitrogens with one attached hydrogen (secondary N) is 1. The first-order valence-electron chi connectivity index (χ1n) is 9.77. The summed E-state index contributed by atoms with van der Waals surface area (Å²) in [5.74, 6) is -0.969. The van der Waals surface area contributed by atoms with Crippen molar-refractivity contribution in [2.45, 2.75) is 18.1 Å². The zero-order valence-corrected chi connectivity index (χ0v) is 18.5. The molecule has 0 amide bonds. The average Bonchev–Trinajstić information content (AvgIpc) is 2.80. The predicted octanol–water partition coefficient (Wildman–Crippen LogP) is 3.26. The maximum atomic E-state index is 13.1. The van der Waals surface area contributed by atoms with Crippen LogP contribution in [0.2, 0.25) is 0 Å². The summed E-state index contributed by atoms with van der Waals surface area (Å²) < 4.78 is 91.2. The number of hydrogen-bond donors (Lipinski definition) is 1. The third-order valence-electron chi connectivity index (χ3n) is 4.58. The number of morpholine rings is 1. The van der Waals surface area contributed by atoms with Gasteiger partial charge in [0.1, 0.15) is 16.4 Å². The molecule has 35 heavy (non-hydrogen) atoms. The molecule has 1 aliphatic heterocycles. The molecular formula is C19H18F4N4O7S. The Kier molecular flexibility index (Phi) is 8.42. The lowest BCUT2D eigenvalue weighted by atomic mass is 10.2. The number of anilines is 1. The van der Waals surface area contributed by atoms with E-state index in [-0.39, 0.29) is 37.6 Å². The van der Waals surface area contributed by atoms with Crippen LogP contribution >= 0.6 is 0 Å². The van der Waals surface area contributed by atoms with Gasteiger partial charge in [0, 0.05) is 36.9 Å². The average molecular weight is 522 g/mol. The Morgan fingerprint density at radius 2 is 1.77 bits per heavy atom. The van der Waals surface area contributed by atoms with Crippen LogP contribution < -0.4 is 14.9 Å². The molecule has 1 N–H and O–H groups in total. The lowest BCUT2D eigenvalue weighted by Crippen LogP contribution is -2.40. The monoisotopic (exact) mass is 522 g/mol. The van der Waals surface area contributed by atoms with Crippen molar-refractivity contribution >= 4 is 27.6 Å². The van der Waals surface area contributed by atoms with Gasteiger partial charge in [-0.1, -0.05) is 0 Å². The minimum absolute atomic E-state index is 0.0368. The number of nitrogens with zero attached hydrogens (tertiary/aromatic N) is 3. The molecule has 2 aromatic rings. The number of benzene rings is 2. The van der Waals surface area contributed by atoms with Crippen LogP contribution in [0, 0.1) is 10.1 Å². The SMILES string of the molecule is O=[N+]([O-])c1ccc(N/N=C\c2ccc(OC(F)F)cc2OC(F)F)c(S(=O)(=O)N2CCOCC2)c1. The number of halogens is 4. The zero-order valence-electron chi connectivity index (χ0n) is 17.6. The van der Waals surface area contributed by atoms with Crippen LogP contribution in [0.4, 0.5) is 28.9 Å². The van der Waals surface area contributed by atoms with Crippen LogP contribution in [-0.4, -0.2) is 63.4 Å². The van der Waals surface area contributed by atoms with E-state index in [1.54, 1.807) is 0 Å². The van der Waals surface area contributed by atoms with Crippen LogP contribution in [0.25, 0.3) is 0 Å². The molecule has 0 radical (unpaired) electrons. The normalized spacial score (nSPS) is 15.0.